The molecule has 2 saturated heterocycles. The number of pyridine rings is 1. The lowest BCUT2D eigenvalue weighted by atomic mass is 9.91. The number of imide groups is 1. The minimum Gasteiger partial charge on any atom is -0.273 e. The zero-order chi connectivity index (χ0) is 20.0. The number of aromatic nitrogens is 1. The predicted molar refractivity (Wildman–Crippen MR) is 108 cm³/mol. The molecule has 0 aliphatic carbocycles. The number of rotatable bonds is 3. The number of amides is 2. The zero-order valence-electron chi connectivity index (χ0n) is 15.8. The third-order valence-electron chi connectivity index (χ3n) is 5.43. The third kappa shape index (κ3) is 2.80. The number of hydroxylamine groups is 1. The van der Waals surface area contributed by atoms with Gasteiger partial charge in [-0.1, -0.05) is 30.3 Å². The molecule has 0 bridgehead atoms. The van der Waals surface area contributed by atoms with Crippen LogP contribution in [-0.2, 0) is 14.4 Å². The van der Waals surface area contributed by atoms with Crippen molar-refractivity contribution >= 4 is 23.2 Å². The van der Waals surface area contributed by atoms with Gasteiger partial charge in [-0.15, -0.1) is 0 Å². The lowest BCUT2D eigenvalue weighted by Gasteiger charge is -2.28. The maximum Gasteiger partial charge on any atom is 0.266 e. The van der Waals surface area contributed by atoms with Crippen LogP contribution in [0.4, 0.5) is 11.4 Å². The summed E-state index contributed by atoms with van der Waals surface area (Å²) in [5.41, 5.74) is 3.24. The van der Waals surface area contributed by atoms with Crippen LogP contribution in [0.25, 0.3) is 0 Å². The molecule has 6 heteroatoms. The molecule has 2 amide bonds. The Bertz CT molecular complexity index is 1070. The Balaban J connectivity index is 1.59. The van der Waals surface area contributed by atoms with Crippen LogP contribution in [0.1, 0.15) is 17.2 Å². The Hall–Kier alpha value is -3.51. The summed E-state index contributed by atoms with van der Waals surface area (Å²) in [4.78, 5) is 38.1. The number of para-hydroxylation sites is 1. The molecule has 2 aromatic carbocycles. The molecule has 0 radical (unpaired) electrons. The molecular weight excluding hydrogens is 366 g/mol. The van der Waals surface area contributed by atoms with Crippen molar-refractivity contribution in [2.45, 2.75) is 19.1 Å². The molecule has 3 atom stereocenters. The average Bonchev–Trinajstić information content (AvgIpc) is 3.26. The summed E-state index contributed by atoms with van der Waals surface area (Å²) >= 11 is 0. The highest BCUT2D eigenvalue weighted by Crippen LogP contribution is 2.47. The van der Waals surface area contributed by atoms with Gasteiger partial charge in [0.2, 0.25) is 5.91 Å². The molecule has 2 fully saturated rings. The van der Waals surface area contributed by atoms with E-state index in [1.807, 2.05) is 67.6 Å². The molecule has 5 rings (SSSR count). The van der Waals surface area contributed by atoms with E-state index in [2.05, 4.69) is 4.98 Å². The van der Waals surface area contributed by atoms with Crippen LogP contribution >= 0.6 is 0 Å². The summed E-state index contributed by atoms with van der Waals surface area (Å²) in [7, 11) is 0. The fraction of sp³-hybridized carbons (Fsp3) is 0.174. The Kier molecular flexibility index (Phi) is 4.14. The van der Waals surface area contributed by atoms with Gasteiger partial charge >= 0.3 is 0 Å². The van der Waals surface area contributed by atoms with Crippen LogP contribution < -0.4 is 9.96 Å². The zero-order valence-corrected chi connectivity index (χ0v) is 15.8. The second-order valence-corrected chi connectivity index (χ2v) is 7.29. The smallest absolute Gasteiger partial charge is 0.266 e. The minimum atomic E-state index is -0.860. The SMILES string of the molecule is Cc1cccc(N2C(=O)[C@H]3[C@@H](ON(c4ccccc4)[C@H]3c3ccncc3)C2=O)c1. The fourth-order valence-corrected chi connectivity index (χ4v) is 4.13. The van der Waals surface area contributed by atoms with E-state index in [1.54, 1.807) is 23.5 Å². The molecule has 0 spiro atoms. The van der Waals surface area contributed by atoms with Crippen molar-refractivity contribution in [1.82, 2.24) is 4.98 Å². The molecular formula is C23H19N3O3. The van der Waals surface area contributed by atoms with Crippen LogP contribution in [0.3, 0.4) is 0 Å². The van der Waals surface area contributed by atoms with Gasteiger partial charge in [0.1, 0.15) is 5.92 Å². The number of fused-ring (bicyclic) bond motifs is 1. The van der Waals surface area contributed by atoms with Crippen molar-refractivity contribution in [3.63, 3.8) is 0 Å². The van der Waals surface area contributed by atoms with Gasteiger partial charge in [-0.2, -0.15) is 0 Å². The standard InChI is InChI=1S/C23H19N3O3/c1-15-6-5-9-18(14-15)25-22(27)19-20(16-10-12-24-13-11-16)26(29-21(19)23(25)28)17-7-3-2-4-8-17/h2-14,19-21H,1H3/t19-,20+,21-/m1/s1. The first-order chi connectivity index (χ1) is 14.1. The lowest BCUT2D eigenvalue weighted by molar-refractivity contribution is -0.126. The summed E-state index contributed by atoms with van der Waals surface area (Å²) in [6.45, 7) is 1.93. The van der Waals surface area contributed by atoms with Gasteiger partial charge in [-0.25, -0.2) is 9.96 Å². The first-order valence-corrected chi connectivity index (χ1v) is 9.50. The normalized spacial score (nSPS) is 23.6. The number of hydrogen-bond donors (Lipinski definition) is 0. The van der Waals surface area contributed by atoms with E-state index in [0.717, 1.165) is 16.8 Å². The summed E-state index contributed by atoms with van der Waals surface area (Å²) in [5.74, 6) is -1.21. The fourth-order valence-electron chi connectivity index (χ4n) is 4.13. The van der Waals surface area contributed by atoms with Crippen molar-refractivity contribution in [3.05, 3.63) is 90.3 Å². The first kappa shape index (κ1) is 17.6. The van der Waals surface area contributed by atoms with E-state index in [4.69, 9.17) is 4.84 Å². The quantitative estimate of drug-likeness (QED) is 0.647. The van der Waals surface area contributed by atoms with Gasteiger partial charge in [0.15, 0.2) is 6.10 Å². The van der Waals surface area contributed by atoms with E-state index in [1.165, 1.54) is 4.90 Å². The molecule has 29 heavy (non-hydrogen) atoms. The van der Waals surface area contributed by atoms with Gasteiger partial charge in [0.05, 0.1) is 17.4 Å². The van der Waals surface area contributed by atoms with E-state index in [-0.39, 0.29) is 11.8 Å². The second-order valence-electron chi connectivity index (χ2n) is 7.29. The number of aryl methyl sites for hydroxylation is 1. The number of benzene rings is 2. The Morgan fingerprint density at radius 1 is 0.862 bits per heavy atom. The number of nitrogens with zero attached hydrogens (tertiary/aromatic N) is 3. The summed E-state index contributed by atoms with van der Waals surface area (Å²) in [6.07, 6.45) is 2.51. The first-order valence-electron chi connectivity index (χ1n) is 9.50. The second kappa shape index (κ2) is 6.83. The highest BCUT2D eigenvalue weighted by molar-refractivity contribution is 6.23. The molecule has 2 aliphatic heterocycles. The molecule has 2 aliphatic rings. The van der Waals surface area contributed by atoms with Crippen molar-refractivity contribution < 1.29 is 14.4 Å². The number of anilines is 2. The topological polar surface area (TPSA) is 62.7 Å². The van der Waals surface area contributed by atoms with E-state index >= 15 is 0 Å². The maximum atomic E-state index is 13.5. The molecule has 144 valence electrons. The lowest BCUT2D eigenvalue weighted by Crippen LogP contribution is -2.37. The number of carbonyl (C=O) groups excluding carboxylic acids is 2. The van der Waals surface area contributed by atoms with E-state index in [9.17, 15) is 9.59 Å². The number of carbonyl (C=O) groups is 2. The molecule has 0 saturated carbocycles. The Morgan fingerprint density at radius 2 is 1.59 bits per heavy atom. The van der Waals surface area contributed by atoms with E-state index < -0.39 is 18.1 Å². The van der Waals surface area contributed by atoms with Crippen LogP contribution in [0.5, 0.6) is 0 Å². The van der Waals surface area contributed by atoms with Crippen molar-refractivity contribution in [2.75, 3.05) is 9.96 Å². The molecule has 0 N–H and O–H groups in total. The van der Waals surface area contributed by atoms with Crippen molar-refractivity contribution in [1.29, 1.82) is 0 Å². The summed E-state index contributed by atoms with van der Waals surface area (Å²) < 4.78 is 0. The molecule has 3 aromatic rings. The summed E-state index contributed by atoms with van der Waals surface area (Å²) in [5, 5.41) is 1.69. The Labute approximate surface area is 168 Å². The molecule has 6 nitrogen and oxygen atoms in total. The van der Waals surface area contributed by atoms with Crippen LogP contribution in [-0.4, -0.2) is 22.9 Å². The highest BCUT2D eigenvalue weighted by Gasteiger charge is 2.60. The Morgan fingerprint density at radius 3 is 2.31 bits per heavy atom. The van der Waals surface area contributed by atoms with Crippen molar-refractivity contribution in [2.24, 2.45) is 5.92 Å². The van der Waals surface area contributed by atoms with Crippen molar-refractivity contribution in [3.8, 4) is 0 Å². The number of hydrogen-bond acceptors (Lipinski definition) is 5. The van der Waals surface area contributed by atoms with Gasteiger partial charge in [0, 0.05) is 12.4 Å². The van der Waals surface area contributed by atoms with Gasteiger partial charge in [-0.05, 0) is 54.4 Å². The molecule has 0 unspecified atom stereocenters. The average molecular weight is 385 g/mol. The van der Waals surface area contributed by atoms with Gasteiger partial charge in [-0.3, -0.25) is 19.4 Å². The monoisotopic (exact) mass is 385 g/mol. The van der Waals surface area contributed by atoms with Crippen LogP contribution in [0, 0.1) is 12.8 Å². The predicted octanol–water partition coefficient (Wildman–Crippen LogP) is 3.44. The van der Waals surface area contributed by atoms with Crippen LogP contribution in [0.2, 0.25) is 0 Å². The highest BCUT2D eigenvalue weighted by atomic mass is 16.7. The minimum absolute atomic E-state index is 0.245. The third-order valence-corrected chi connectivity index (χ3v) is 5.43. The van der Waals surface area contributed by atoms with Gasteiger partial charge < -0.3 is 0 Å². The molecule has 1 aromatic heterocycles. The van der Waals surface area contributed by atoms with E-state index in [0.29, 0.717) is 5.69 Å². The maximum absolute atomic E-state index is 13.5. The summed E-state index contributed by atoms with van der Waals surface area (Å²) in [6, 6.07) is 20.2. The van der Waals surface area contributed by atoms with Gasteiger partial charge in [0.25, 0.3) is 5.91 Å². The van der Waals surface area contributed by atoms with Crippen LogP contribution in [0.15, 0.2) is 79.1 Å². The molecule has 3 heterocycles. The largest absolute Gasteiger partial charge is 0.273 e.